The van der Waals surface area contributed by atoms with E-state index < -0.39 is 0 Å². The summed E-state index contributed by atoms with van der Waals surface area (Å²) in [7, 11) is 1.61. The third-order valence-corrected chi connectivity index (χ3v) is 4.58. The molecule has 1 amide bonds. The van der Waals surface area contributed by atoms with E-state index in [2.05, 4.69) is 46.8 Å². The molecule has 140 valence electrons. The van der Waals surface area contributed by atoms with E-state index in [0.29, 0.717) is 23.3 Å². The van der Waals surface area contributed by atoms with Gasteiger partial charge < -0.3 is 10.1 Å². The molecule has 1 N–H and O–H groups in total. The molecule has 28 heavy (non-hydrogen) atoms. The lowest BCUT2D eigenvalue weighted by Crippen LogP contribution is -2.11. The predicted octanol–water partition coefficient (Wildman–Crippen LogP) is 4.05. The fourth-order valence-electron chi connectivity index (χ4n) is 2.97. The Morgan fingerprint density at radius 1 is 1.04 bits per heavy atom. The number of hydrogen-bond donors (Lipinski definition) is 1. The Balaban J connectivity index is 1.52. The molecule has 3 aromatic carbocycles. The topological polar surface area (TPSA) is 69.0 Å². The van der Waals surface area contributed by atoms with E-state index in [0.717, 1.165) is 16.8 Å². The molecule has 1 aromatic heterocycles. The maximum absolute atomic E-state index is 12.5. The number of carbonyl (C=O) groups excluding carboxylic acids is 1. The number of methoxy groups -OCH3 is 1. The molecule has 0 aliphatic rings. The first-order chi connectivity index (χ1) is 13.6. The van der Waals surface area contributed by atoms with Crippen LogP contribution >= 0.6 is 0 Å². The smallest absolute Gasteiger partial charge is 0.255 e. The predicted molar refractivity (Wildman–Crippen MR) is 109 cm³/mol. The maximum Gasteiger partial charge on any atom is 0.255 e. The Labute approximate surface area is 162 Å². The van der Waals surface area contributed by atoms with Gasteiger partial charge in [0.05, 0.1) is 19.2 Å². The molecule has 0 saturated heterocycles. The van der Waals surface area contributed by atoms with E-state index in [-0.39, 0.29) is 5.91 Å². The van der Waals surface area contributed by atoms with Crippen LogP contribution in [-0.2, 0) is 6.54 Å². The Hall–Kier alpha value is -3.67. The highest BCUT2D eigenvalue weighted by Gasteiger charge is 2.11. The van der Waals surface area contributed by atoms with Crippen LogP contribution in [0.25, 0.3) is 11.0 Å². The molecule has 6 nitrogen and oxygen atoms in total. The van der Waals surface area contributed by atoms with Crippen molar-refractivity contribution in [3.63, 3.8) is 0 Å². The first-order valence-corrected chi connectivity index (χ1v) is 8.96. The third kappa shape index (κ3) is 3.71. The first-order valence-electron chi connectivity index (χ1n) is 8.96. The highest BCUT2D eigenvalue weighted by Crippen LogP contribution is 2.18. The van der Waals surface area contributed by atoms with Gasteiger partial charge >= 0.3 is 0 Å². The zero-order chi connectivity index (χ0) is 19.5. The molecular formula is C22H20N4O2. The molecular weight excluding hydrogens is 352 g/mol. The number of rotatable bonds is 5. The van der Waals surface area contributed by atoms with Crippen molar-refractivity contribution in [2.24, 2.45) is 0 Å². The van der Waals surface area contributed by atoms with Gasteiger partial charge in [0, 0.05) is 11.3 Å². The van der Waals surface area contributed by atoms with Gasteiger partial charge in [-0.25, -0.2) is 4.68 Å². The Morgan fingerprint density at radius 2 is 1.79 bits per heavy atom. The second kappa shape index (κ2) is 7.52. The van der Waals surface area contributed by atoms with Crippen molar-refractivity contribution in [2.75, 3.05) is 12.4 Å². The van der Waals surface area contributed by atoms with Crippen LogP contribution < -0.4 is 10.1 Å². The van der Waals surface area contributed by atoms with Crippen molar-refractivity contribution in [1.82, 2.24) is 15.0 Å². The lowest BCUT2D eigenvalue weighted by molar-refractivity contribution is 0.102. The summed E-state index contributed by atoms with van der Waals surface area (Å²) in [4.78, 5) is 12.5. The zero-order valence-electron chi connectivity index (χ0n) is 15.7. The number of carbonyl (C=O) groups is 1. The number of fused-ring (bicyclic) bond motifs is 1. The second-order valence-corrected chi connectivity index (χ2v) is 6.62. The van der Waals surface area contributed by atoms with Gasteiger partial charge in [-0.05, 0) is 55.0 Å². The molecule has 1 heterocycles. The normalized spacial score (nSPS) is 10.8. The molecule has 0 aliphatic heterocycles. The van der Waals surface area contributed by atoms with E-state index in [1.54, 1.807) is 43.5 Å². The Morgan fingerprint density at radius 3 is 2.50 bits per heavy atom. The molecule has 0 aliphatic carbocycles. The molecule has 0 radical (unpaired) electrons. The van der Waals surface area contributed by atoms with Crippen LogP contribution in [0.3, 0.4) is 0 Å². The van der Waals surface area contributed by atoms with Crippen LogP contribution in [0.1, 0.15) is 21.5 Å². The number of amides is 1. The van der Waals surface area contributed by atoms with Crippen molar-refractivity contribution >= 4 is 22.6 Å². The summed E-state index contributed by atoms with van der Waals surface area (Å²) in [6, 6.07) is 21.0. The molecule has 6 heteroatoms. The van der Waals surface area contributed by atoms with Gasteiger partial charge in [-0.2, -0.15) is 0 Å². The number of benzene rings is 3. The number of aromatic nitrogens is 3. The summed E-state index contributed by atoms with van der Waals surface area (Å²) in [6.45, 7) is 2.70. The minimum atomic E-state index is -0.194. The molecule has 0 fully saturated rings. The summed E-state index contributed by atoms with van der Waals surface area (Å²) in [5.41, 5.74) is 5.19. The van der Waals surface area contributed by atoms with Crippen LogP contribution in [0.5, 0.6) is 5.75 Å². The second-order valence-electron chi connectivity index (χ2n) is 6.62. The van der Waals surface area contributed by atoms with Crippen molar-refractivity contribution in [3.05, 3.63) is 83.4 Å². The van der Waals surface area contributed by atoms with E-state index in [1.165, 1.54) is 5.56 Å². The van der Waals surface area contributed by atoms with Gasteiger partial charge in [-0.15, -0.1) is 5.10 Å². The maximum atomic E-state index is 12.5. The van der Waals surface area contributed by atoms with Crippen LogP contribution in [0.4, 0.5) is 5.69 Å². The fourth-order valence-corrected chi connectivity index (χ4v) is 2.97. The Bertz CT molecular complexity index is 1120. The van der Waals surface area contributed by atoms with Crippen LogP contribution in [0, 0.1) is 6.92 Å². The molecule has 4 aromatic rings. The third-order valence-electron chi connectivity index (χ3n) is 4.58. The van der Waals surface area contributed by atoms with E-state index in [1.807, 2.05) is 10.7 Å². The fraction of sp³-hybridized carbons (Fsp3) is 0.136. The molecule has 4 rings (SSSR count). The van der Waals surface area contributed by atoms with Gasteiger partial charge in [-0.3, -0.25) is 4.79 Å². The summed E-state index contributed by atoms with van der Waals surface area (Å²) in [5.74, 6) is 0.546. The molecule has 0 unspecified atom stereocenters. The summed E-state index contributed by atoms with van der Waals surface area (Å²) in [5, 5.41) is 11.3. The quantitative estimate of drug-likeness (QED) is 0.574. The van der Waals surface area contributed by atoms with Crippen LogP contribution in [-0.4, -0.2) is 28.0 Å². The number of nitrogens with one attached hydrogen (secondary N) is 1. The highest BCUT2D eigenvalue weighted by molar-refractivity contribution is 6.05. The summed E-state index contributed by atoms with van der Waals surface area (Å²) >= 11 is 0. The van der Waals surface area contributed by atoms with Crippen LogP contribution in [0.15, 0.2) is 66.7 Å². The standard InChI is InChI=1S/C22H20N4O2/c1-15-3-5-16(6-4-15)14-26-21-12-7-17(13-20(21)24-25-26)22(27)23-18-8-10-19(28-2)11-9-18/h3-13H,14H2,1-2H3,(H,23,27). The number of aryl methyl sites for hydroxylation is 1. The van der Waals surface area contributed by atoms with Gasteiger partial charge in [0.15, 0.2) is 0 Å². The van der Waals surface area contributed by atoms with Gasteiger partial charge in [0.25, 0.3) is 5.91 Å². The van der Waals surface area contributed by atoms with E-state index in [4.69, 9.17) is 4.74 Å². The van der Waals surface area contributed by atoms with Crippen LogP contribution in [0.2, 0.25) is 0 Å². The van der Waals surface area contributed by atoms with Gasteiger partial charge in [-0.1, -0.05) is 35.0 Å². The van der Waals surface area contributed by atoms with Crippen molar-refractivity contribution in [2.45, 2.75) is 13.5 Å². The molecule has 0 saturated carbocycles. The van der Waals surface area contributed by atoms with E-state index in [9.17, 15) is 4.79 Å². The molecule has 0 spiro atoms. The Kier molecular flexibility index (Phi) is 4.76. The molecule has 0 atom stereocenters. The minimum absolute atomic E-state index is 0.194. The van der Waals surface area contributed by atoms with Gasteiger partial charge in [0.2, 0.25) is 0 Å². The lowest BCUT2D eigenvalue weighted by Gasteiger charge is -2.07. The van der Waals surface area contributed by atoms with E-state index >= 15 is 0 Å². The lowest BCUT2D eigenvalue weighted by atomic mass is 10.1. The highest BCUT2D eigenvalue weighted by atomic mass is 16.5. The van der Waals surface area contributed by atoms with Crippen molar-refractivity contribution < 1.29 is 9.53 Å². The largest absolute Gasteiger partial charge is 0.497 e. The monoisotopic (exact) mass is 372 g/mol. The summed E-state index contributed by atoms with van der Waals surface area (Å²) in [6.07, 6.45) is 0. The average Bonchev–Trinajstić information content (AvgIpc) is 3.12. The number of anilines is 1. The zero-order valence-corrected chi connectivity index (χ0v) is 15.7. The average molecular weight is 372 g/mol. The summed E-state index contributed by atoms with van der Waals surface area (Å²) < 4.78 is 6.97. The molecule has 0 bridgehead atoms. The minimum Gasteiger partial charge on any atom is -0.497 e. The number of hydrogen-bond acceptors (Lipinski definition) is 4. The van der Waals surface area contributed by atoms with Crippen molar-refractivity contribution in [1.29, 1.82) is 0 Å². The first kappa shape index (κ1) is 17.7. The van der Waals surface area contributed by atoms with Crippen molar-refractivity contribution in [3.8, 4) is 5.75 Å². The number of nitrogens with zero attached hydrogens (tertiary/aromatic N) is 3. The van der Waals surface area contributed by atoms with Gasteiger partial charge in [0.1, 0.15) is 11.3 Å². The SMILES string of the molecule is COc1ccc(NC(=O)c2ccc3c(c2)nnn3Cc2ccc(C)cc2)cc1. The number of ether oxygens (including phenoxy) is 1.